The van der Waals surface area contributed by atoms with Crippen LogP contribution in [-0.2, 0) is 9.47 Å². The van der Waals surface area contributed by atoms with Crippen molar-refractivity contribution < 1.29 is 9.47 Å². The van der Waals surface area contributed by atoms with E-state index in [1.165, 1.54) is 44.9 Å². The van der Waals surface area contributed by atoms with Gasteiger partial charge in [0.15, 0.2) is 0 Å². The van der Waals surface area contributed by atoms with Crippen molar-refractivity contribution in [3.05, 3.63) is 0 Å². The van der Waals surface area contributed by atoms with Crippen LogP contribution in [0.25, 0.3) is 0 Å². The van der Waals surface area contributed by atoms with E-state index in [1.54, 1.807) is 0 Å². The highest BCUT2D eigenvalue weighted by Gasteiger charge is 2.45. The minimum atomic E-state index is 0.188. The lowest BCUT2D eigenvalue weighted by Gasteiger charge is -2.49. The number of hydrogen-bond donors (Lipinski definition) is 0. The summed E-state index contributed by atoms with van der Waals surface area (Å²) in [5.41, 5.74) is 0.579. The molecule has 1 aliphatic carbocycles. The first-order chi connectivity index (χ1) is 11.8. The lowest BCUT2D eigenvalue weighted by Crippen LogP contribution is -2.45. The molecular weight excluding hydrogens is 308 g/mol. The van der Waals surface area contributed by atoms with Crippen molar-refractivity contribution in [3.63, 3.8) is 0 Å². The Labute approximate surface area is 158 Å². The molecule has 150 valence electrons. The molecule has 1 saturated carbocycles. The van der Waals surface area contributed by atoms with Gasteiger partial charge in [-0.1, -0.05) is 60.8 Å². The molecule has 2 heteroatoms. The van der Waals surface area contributed by atoms with Crippen LogP contribution in [0, 0.1) is 34.5 Å². The van der Waals surface area contributed by atoms with E-state index in [0.29, 0.717) is 23.2 Å². The molecule has 0 saturated heterocycles. The Bertz CT molecular complexity index is 325. The topological polar surface area (TPSA) is 18.5 Å². The van der Waals surface area contributed by atoms with Gasteiger partial charge in [-0.25, -0.2) is 0 Å². The number of rotatable bonds is 11. The molecular formula is C23H46O2. The molecule has 0 unspecified atom stereocenters. The Balaban J connectivity index is 3.09. The van der Waals surface area contributed by atoms with Gasteiger partial charge in [-0.2, -0.15) is 0 Å². The van der Waals surface area contributed by atoms with Gasteiger partial charge < -0.3 is 9.47 Å². The molecule has 25 heavy (non-hydrogen) atoms. The van der Waals surface area contributed by atoms with Gasteiger partial charge in [0.1, 0.15) is 0 Å². The second kappa shape index (κ2) is 10.3. The SMILES string of the molecule is COCC(CCC(C(C)C)(C(C)C)C(C)C)(COC)C1CCCCC1. The molecule has 1 fully saturated rings. The molecule has 0 amide bonds. The van der Waals surface area contributed by atoms with Gasteiger partial charge >= 0.3 is 0 Å². The van der Waals surface area contributed by atoms with Crippen molar-refractivity contribution in [3.8, 4) is 0 Å². The monoisotopic (exact) mass is 354 g/mol. The normalized spacial score (nSPS) is 17.9. The summed E-state index contributed by atoms with van der Waals surface area (Å²) in [6, 6.07) is 0. The highest BCUT2D eigenvalue weighted by molar-refractivity contribution is 4.94. The van der Waals surface area contributed by atoms with Gasteiger partial charge in [-0.15, -0.1) is 0 Å². The molecule has 0 N–H and O–H groups in total. The first kappa shape index (κ1) is 23.0. The summed E-state index contributed by atoms with van der Waals surface area (Å²) in [7, 11) is 3.74. The Morgan fingerprint density at radius 3 is 1.52 bits per heavy atom. The van der Waals surface area contributed by atoms with Crippen molar-refractivity contribution in [2.45, 2.75) is 86.5 Å². The van der Waals surface area contributed by atoms with Crippen LogP contribution < -0.4 is 0 Å². The van der Waals surface area contributed by atoms with Crippen molar-refractivity contribution in [2.75, 3.05) is 27.4 Å². The van der Waals surface area contributed by atoms with Gasteiger partial charge in [0.2, 0.25) is 0 Å². The summed E-state index contributed by atoms with van der Waals surface area (Å²) in [5.74, 6) is 2.84. The third-order valence-electron chi connectivity index (χ3n) is 7.62. The molecule has 0 aliphatic heterocycles. The second-order valence-electron chi connectivity index (χ2n) is 9.64. The van der Waals surface area contributed by atoms with Crippen LogP contribution in [0.4, 0.5) is 0 Å². The molecule has 1 rings (SSSR count). The maximum Gasteiger partial charge on any atom is 0.0543 e. The minimum absolute atomic E-state index is 0.188. The standard InChI is InChI=1S/C23H46O2/c1-18(2)23(19(3)4,20(5)6)15-14-22(16-24-7,17-25-8)21-12-10-9-11-13-21/h18-21H,9-17H2,1-8H3. The van der Waals surface area contributed by atoms with Crippen LogP contribution in [0.2, 0.25) is 0 Å². The predicted molar refractivity (Wildman–Crippen MR) is 109 cm³/mol. The third kappa shape index (κ3) is 5.22. The van der Waals surface area contributed by atoms with Crippen LogP contribution in [-0.4, -0.2) is 27.4 Å². The Kier molecular flexibility index (Phi) is 9.46. The fraction of sp³-hybridized carbons (Fsp3) is 1.00. The summed E-state index contributed by atoms with van der Waals surface area (Å²) < 4.78 is 11.6. The fourth-order valence-corrected chi connectivity index (χ4v) is 6.25. The second-order valence-corrected chi connectivity index (χ2v) is 9.64. The van der Waals surface area contributed by atoms with Gasteiger partial charge in [0.25, 0.3) is 0 Å². The van der Waals surface area contributed by atoms with Gasteiger partial charge in [0, 0.05) is 19.6 Å². The minimum Gasteiger partial charge on any atom is -0.384 e. The lowest BCUT2D eigenvalue weighted by atomic mass is 9.57. The van der Waals surface area contributed by atoms with E-state index >= 15 is 0 Å². The van der Waals surface area contributed by atoms with Crippen LogP contribution in [0.1, 0.15) is 86.5 Å². The Morgan fingerprint density at radius 2 is 1.16 bits per heavy atom. The first-order valence-electron chi connectivity index (χ1n) is 10.7. The van der Waals surface area contributed by atoms with Crippen molar-refractivity contribution in [1.29, 1.82) is 0 Å². The number of hydrogen-bond acceptors (Lipinski definition) is 2. The fourth-order valence-electron chi connectivity index (χ4n) is 6.25. The van der Waals surface area contributed by atoms with Crippen LogP contribution in [0.5, 0.6) is 0 Å². The summed E-state index contributed by atoms with van der Waals surface area (Å²) in [5, 5.41) is 0. The van der Waals surface area contributed by atoms with Crippen molar-refractivity contribution in [1.82, 2.24) is 0 Å². The predicted octanol–water partition coefficient (Wildman–Crippen LogP) is 6.58. The van der Waals surface area contributed by atoms with E-state index in [-0.39, 0.29) is 5.41 Å². The molecule has 0 aromatic rings. The highest BCUT2D eigenvalue weighted by atomic mass is 16.5. The van der Waals surface area contributed by atoms with E-state index < -0.39 is 0 Å². The molecule has 0 atom stereocenters. The quantitative estimate of drug-likeness (QED) is 0.417. The van der Waals surface area contributed by atoms with Crippen LogP contribution in [0.3, 0.4) is 0 Å². The van der Waals surface area contributed by atoms with Gasteiger partial charge in [-0.05, 0) is 54.8 Å². The maximum atomic E-state index is 5.78. The van der Waals surface area contributed by atoms with Gasteiger partial charge in [0.05, 0.1) is 13.2 Å². The Hall–Kier alpha value is -0.0800. The smallest absolute Gasteiger partial charge is 0.0543 e. The average molecular weight is 355 g/mol. The van der Waals surface area contributed by atoms with Crippen molar-refractivity contribution >= 4 is 0 Å². The average Bonchev–Trinajstić information content (AvgIpc) is 2.55. The Morgan fingerprint density at radius 1 is 0.720 bits per heavy atom. The van der Waals surface area contributed by atoms with Gasteiger partial charge in [-0.3, -0.25) is 0 Å². The van der Waals surface area contributed by atoms with E-state index in [1.807, 2.05) is 14.2 Å². The molecule has 0 spiro atoms. The lowest BCUT2D eigenvalue weighted by molar-refractivity contribution is -0.0669. The molecule has 0 radical (unpaired) electrons. The van der Waals surface area contributed by atoms with E-state index in [2.05, 4.69) is 41.5 Å². The zero-order chi connectivity index (χ0) is 19.1. The molecule has 0 heterocycles. The summed E-state index contributed by atoms with van der Waals surface area (Å²) in [6.45, 7) is 16.2. The molecule has 1 aliphatic rings. The van der Waals surface area contributed by atoms with Crippen LogP contribution in [0.15, 0.2) is 0 Å². The number of methoxy groups -OCH3 is 2. The largest absolute Gasteiger partial charge is 0.384 e. The number of ether oxygens (including phenoxy) is 2. The summed E-state index contributed by atoms with van der Waals surface area (Å²) in [4.78, 5) is 0. The summed E-state index contributed by atoms with van der Waals surface area (Å²) >= 11 is 0. The first-order valence-corrected chi connectivity index (χ1v) is 10.7. The molecule has 0 aromatic carbocycles. The third-order valence-corrected chi connectivity index (χ3v) is 7.62. The zero-order valence-corrected chi connectivity index (χ0v) is 18.5. The highest BCUT2D eigenvalue weighted by Crippen LogP contribution is 2.51. The van der Waals surface area contributed by atoms with E-state index in [9.17, 15) is 0 Å². The zero-order valence-electron chi connectivity index (χ0n) is 18.5. The van der Waals surface area contributed by atoms with Crippen LogP contribution >= 0.6 is 0 Å². The van der Waals surface area contributed by atoms with Crippen molar-refractivity contribution in [2.24, 2.45) is 34.5 Å². The maximum absolute atomic E-state index is 5.78. The molecule has 0 bridgehead atoms. The van der Waals surface area contributed by atoms with E-state index in [4.69, 9.17) is 9.47 Å². The molecule has 2 nitrogen and oxygen atoms in total. The van der Waals surface area contributed by atoms with E-state index in [0.717, 1.165) is 19.1 Å². The summed E-state index contributed by atoms with van der Waals surface area (Å²) in [6.07, 6.45) is 9.38. The molecule has 0 aromatic heterocycles.